The summed E-state index contributed by atoms with van der Waals surface area (Å²) >= 11 is 0. The summed E-state index contributed by atoms with van der Waals surface area (Å²) in [6.07, 6.45) is -4.84. The van der Waals surface area contributed by atoms with Gasteiger partial charge in [-0.25, -0.2) is 24.2 Å². The van der Waals surface area contributed by atoms with Gasteiger partial charge in [0.2, 0.25) is 0 Å². The third kappa shape index (κ3) is 21.1. The lowest BCUT2D eigenvalue weighted by molar-refractivity contribution is -0.601. The van der Waals surface area contributed by atoms with Crippen LogP contribution in [0.3, 0.4) is 0 Å². The molecule has 0 unspecified atom stereocenters. The molecule has 0 radical (unpaired) electrons. The summed E-state index contributed by atoms with van der Waals surface area (Å²) in [5.74, 6) is 0. The van der Waals surface area contributed by atoms with Crippen molar-refractivity contribution in [3.8, 4) is 0 Å². The summed E-state index contributed by atoms with van der Waals surface area (Å²) in [6, 6.07) is 0. The van der Waals surface area contributed by atoms with Gasteiger partial charge in [0.25, 0.3) is 0 Å². The van der Waals surface area contributed by atoms with Crippen LogP contribution in [0.1, 0.15) is 27.7 Å². The summed E-state index contributed by atoms with van der Waals surface area (Å²) in [6.45, 7) is 6.44. The topological polar surface area (TPSA) is 147 Å². The molecule has 0 aromatic carbocycles. The normalized spacial score (nSPS) is 9.30. The maximum atomic E-state index is 10.7. The van der Waals surface area contributed by atoms with Crippen LogP contribution in [0.25, 0.3) is 0 Å². The lowest BCUT2D eigenvalue weighted by Gasteiger charge is -2.06. The van der Waals surface area contributed by atoms with Gasteiger partial charge in [0.05, 0.1) is 12.2 Å². The minimum absolute atomic E-state index is 0.372. The van der Waals surface area contributed by atoms with E-state index in [0.717, 1.165) is 0 Å². The summed E-state index contributed by atoms with van der Waals surface area (Å²) in [7, 11) is 0. The first-order valence-corrected chi connectivity index (χ1v) is 5.16. The highest BCUT2D eigenvalue weighted by Crippen LogP contribution is 1.97. The maximum absolute atomic E-state index is 10.7. The molecule has 0 fully saturated rings. The second-order valence-corrected chi connectivity index (χ2v) is 3.42. The number of ether oxygens (including phenoxy) is 2. The molecule has 118 valence electrons. The van der Waals surface area contributed by atoms with Gasteiger partial charge in [0, 0.05) is 10.1 Å². The van der Waals surface area contributed by atoms with Crippen molar-refractivity contribution in [2.45, 2.75) is 39.9 Å². The zero-order valence-corrected chi connectivity index (χ0v) is 11.2. The van der Waals surface area contributed by atoms with Crippen LogP contribution in [0.2, 0.25) is 0 Å². The predicted octanol–water partition coefficient (Wildman–Crippen LogP) is 2.11. The number of carbonyl (C=O) groups excluding carboxylic acids is 2. The SMILES string of the molecule is CC(C)OC(=O)OOOOC(=O)OC(C)C.O=C(O)O. The van der Waals surface area contributed by atoms with Crippen molar-refractivity contribution in [3.63, 3.8) is 0 Å². The molecule has 0 spiro atoms. The Morgan fingerprint density at radius 2 is 1.00 bits per heavy atom. The van der Waals surface area contributed by atoms with Crippen LogP contribution in [0, 0.1) is 0 Å². The maximum Gasteiger partial charge on any atom is 0.542 e. The third-order valence-electron chi connectivity index (χ3n) is 0.896. The Morgan fingerprint density at radius 3 is 1.20 bits per heavy atom. The molecule has 0 amide bonds. The summed E-state index contributed by atoms with van der Waals surface area (Å²) in [5, 5.41) is 21.4. The molecule has 0 saturated carbocycles. The van der Waals surface area contributed by atoms with Crippen LogP contribution in [-0.4, -0.2) is 40.9 Å². The van der Waals surface area contributed by atoms with E-state index < -0.39 is 18.5 Å². The highest BCUT2D eigenvalue weighted by molar-refractivity contribution is 5.59. The summed E-state index contributed by atoms with van der Waals surface area (Å²) < 4.78 is 8.97. The van der Waals surface area contributed by atoms with E-state index in [-0.39, 0.29) is 12.2 Å². The van der Waals surface area contributed by atoms with Crippen LogP contribution >= 0.6 is 0 Å². The van der Waals surface area contributed by atoms with E-state index in [4.69, 9.17) is 15.0 Å². The average Bonchev–Trinajstić information content (AvgIpc) is 2.21. The number of carboxylic acid groups (broad SMARTS) is 2. The molecule has 0 aromatic heterocycles. The number of hydrogen-bond donors (Lipinski definition) is 2. The van der Waals surface area contributed by atoms with Crippen LogP contribution in [0.15, 0.2) is 0 Å². The van der Waals surface area contributed by atoms with Crippen molar-refractivity contribution >= 4 is 18.5 Å². The third-order valence-corrected chi connectivity index (χ3v) is 0.896. The Balaban J connectivity index is 0. The van der Waals surface area contributed by atoms with Gasteiger partial charge in [-0.1, -0.05) is 0 Å². The van der Waals surface area contributed by atoms with Crippen LogP contribution in [0.5, 0.6) is 0 Å². The Labute approximate surface area is 113 Å². The molecule has 11 nitrogen and oxygen atoms in total. The fourth-order valence-electron chi connectivity index (χ4n) is 0.508. The molecule has 2 N–H and O–H groups in total. The first kappa shape index (κ1) is 20.1. The van der Waals surface area contributed by atoms with Gasteiger partial charge < -0.3 is 19.7 Å². The van der Waals surface area contributed by atoms with E-state index in [2.05, 4.69) is 29.3 Å². The van der Waals surface area contributed by atoms with Crippen molar-refractivity contribution in [1.82, 2.24) is 0 Å². The van der Waals surface area contributed by atoms with E-state index >= 15 is 0 Å². The highest BCUT2D eigenvalue weighted by atomic mass is 17.7. The fraction of sp³-hybridized carbons (Fsp3) is 0.667. The molecular weight excluding hydrogens is 284 g/mol. The first-order valence-electron chi connectivity index (χ1n) is 5.16. The number of carbonyl (C=O) groups is 3. The van der Waals surface area contributed by atoms with Crippen molar-refractivity contribution in [2.75, 3.05) is 0 Å². The van der Waals surface area contributed by atoms with Crippen molar-refractivity contribution < 1.29 is 53.9 Å². The van der Waals surface area contributed by atoms with Crippen LogP contribution < -0.4 is 0 Å². The standard InChI is InChI=1S/C8H14O8.CH2O3/c1-5(2)11-7(9)13-15-16-14-8(10)12-6(3)4;2-1(3)4/h5-6H,1-4H3;(H2,2,3,4). The second-order valence-electron chi connectivity index (χ2n) is 3.42. The van der Waals surface area contributed by atoms with Crippen molar-refractivity contribution in [1.29, 1.82) is 0 Å². The molecule has 0 heterocycles. The molecule has 0 atom stereocenters. The van der Waals surface area contributed by atoms with Gasteiger partial charge >= 0.3 is 18.5 Å². The highest BCUT2D eigenvalue weighted by Gasteiger charge is 2.11. The summed E-state index contributed by atoms with van der Waals surface area (Å²) in [4.78, 5) is 37.6. The quantitative estimate of drug-likeness (QED) is 0.333. The van der Waals surface area contributed by atoms with Gasteiger partial charge in [-0.15, -0.1) is 0 Å². The molecule has 0 saturated heterocycles. The molecule has 0 aliphatic rings. The average molecular weight is 300 g/mol. The van der Waals surface area contributed by atoms with E-state index in [0.29, 0.717) is 0 Å². The van der Waals surface area contributed by atoms with E-state index in [9.17, 15) is 9.59 Å². The number of rotatable bonds is 5. The minimum atomic E-state index is -1.83. The Morgan fingerprint density at radius 1 is 0.750 bits per heavy atom. The van der Waals surface area contributed by atoms with E-state index in [1.54, 1.807) is 27.7 Å². The second kappa shape index (κ2) is 11.8. The van der Waals surface area contributed by atoms with Gasteiger partial charge in [0.1, 0.15) is 0 Å². The zero-order chi connectivity index (χ0) is 16.1. The van der Waals surface area contributed by atoms with Gasteiger partial charge in [-0.2, -0.15) is 0 Å². The molecule has 20 heavy (non-hydrogen) atoms. The lowest BCUT2D eigenvalue weighted by atomic mass is 10.5. The molecule has 0 aliphatic heterocycles. The van der Waals surface area contributed by atoms with Gasteiger partial charge in [-0.3, -0.25) is 0 Å². The van der Waals surface area contributed by atoms with E-state index in [1.807, 2.05) is 0 Å². The van der Waals surface area contributed by atoms with Gasteiger partial charge in [-0.05, 0) is 27.7 Å². The molecule has 11 heteroatoms. The lowest BCUT2D eigenvalue weighted by Crippen LogP contribution is -2.16. The Kier molecular flexibility index (Phi) is 11.8. The van der Waals surface area contributed by atoms with Crippen molar-refractivity contribution in [3.05, 3.63) is 0 Å². The summed E-state index contributed by atoms with van der Waals surface area (Å²) in [5.41, 5.74) is 0. The molecular formula is C9H16O11. The molecule has 0 bridgehead atoms. The van der Waals surface area contributed by atoms with Gasteiger partial charge in [0.15, 0.2) is 0 Å². The fourth-order valence-corrected chi connectivity index (χ4v) is 0.508. The Hall–Kier alpha value is -2.27. The molecule has 0 aliphatic carbocycles. The van der Waals surface area contributed by atoms with Crippen molar-refractivity contribution in [2.24, 2.45) is 0 Å². The molecule has 0 rings (SSSR count). The van der Waals surface area contributed by atoms with Crippen LogP contribution in [-0.2, 0) is 29.3 Å². The molecule has 0 aromatic rings. The van der Waals surface area contributed by atoms with E-state index in [1.165, 1.54) is 0 Å². The minimum Gasteiger partial charge on any atom is -0.450 e. The zero-order valence-electron chi connectivity index (χ0n) is 11.2. The first-order chi connectivity index (χ1) is 9.15. The van der Waals surface area contributed by atoms with Crippen LogP contribution in [0.4, 0.5) is 14.4 Å². The smallest absolute Gasteiger partial charge is 0.450 e. The number of hydrogen-bond acceptors (Lipinski definition) is 9. The monoisotopic (exact) mass is 300 g/mol. The largest absolute Gasteiger partial charge is 0.542 e. The Bertz CT molecular complexity index is 270. The predicted molar refractivity (Wildman–Crippen MR) is 58.2 cm³/mol.